The van der Waals surface area contributed by atoms with Crippen molar-refractivity contribution in [3.05, 3.63) is 34.0 Å². The summed E-state index contributed by atoms with van der Waals surface area (Å²) in [5, 5.41) is 28.0. The maximum Gasteiger partial charge on any atom is 0.345 e. The monoisotopic (exact) mass is 682 g/mol. The van der Waals surface area contributed by atoms with E-state index in [1.54, 1.807) is 4.68 Å². The van der Waals surface area contributed by atoms with Gasteiger partial charge in [-0.05, 0) is 89.8 Å². The molecule has 1 aromatic rings. The molecule has 0 aromatic carbocycles. The van der Waals surface area contributed by atoms with Gasteiger partial charge in [0.05, 0.1) is 38.0 Å². The molecule has 10 nitrogen and oxygen atoms in total. The summed E-state index contributed by atoms with van der Waals surface area (Å²) in [7, 11) is 0. The minimum atomic E-state index is -0.669. The lowest BCUT2D eigenvalue weighted by Crippen LogP contribution is -2.69. The zero-order chi connectivity index (χ0) is 36.1. The number of nitrogens with zero attached hydrogens (tertiary/aromatic N) is 3. The third-order valence-corrected chi connectivity index (χ3v) is 16.1. The molecule has 2 bridgehead atoms. The zero-order valence-electron chi connectivity index (χ0n) is 31.6. The molecule has 1 saturated heterocycles. The van der Waals surface area contributed by atoms with E-state index in [4.69, 9.17) is 15.2 Å². The smallest absolute Gasteiger partial charge is 0.345 e. The molecule has 0 unspecified atom stereocenters. The second-order valence-electron chi connectivity index (χ2n) is 18.9. The lowest BCUT2D eigenvalue weighted by molar-refractivity contribution is -0.394. The maximum absolute atomic E-state index is 13.4. The summed E-state index contributed by atoms with van der Waals surface area (Å²) in [6, 6.07) is 1.09. The van der Waals surface area contributed by atoms with E-state index in [2.05, 4.69) is 73.5 Å². The van der Waals surface area contributed by atoms with Gasteiger partial charge in [-0.2, -0.15) is 0 Å². The van der Waals surface area contributed by atoms with Crippen LogP contribution in [0.25, 0.3) is 0 Å². The Labute approximate surface area is 293 Å². The average Bonchev–Trinajstić information content (AvgIpc) is 3.50. The molecule has 1 aliphatic heterocycles. The minimum Gasteiger partial charge on any atom is -0.481 e. The molecule has 6 rings (SSSR count). The Morgan fingerprint density at radius 3 is 2.47 bits per heavy atom. The first kappa shape index (κ1) is 36.5. The molecule has 4 aliphatic carbocycles. The highest BCUT2D eigenvalue weighted by Gasteiger charge is 2.72. The van der Waals surface area contributed by atoms with Gasteiger partial charge in [-0.1, -0.05) is 79.1 Å². The summed E-state index contributed by atoms with van der Waals surface area (Å²) in [6.07, 6.45) is 8.69. The molecular weight excluding hydrogens is 620 g/mol. The average molecular weight is 683 g/mol. The fraction of sp³-hybridized carbons (Fsp3) is 0.846. The van der Waals surface area contributed by atoms with Crippen LogP contribution in [0.5, 0.6) is 0 Å². The summed E-state index contributed by atoms with van der Waals surface area (Å²) in [4.78, 5) is 25.4. The molecule has 1 aromatic heterocycles. The van der Waals surface area contributed by atoms with Gasteiger partial charge in [0.1, 0.15) is 6.10 Å². The van der Waals surface area contributed by atoms with Gasteiger partial charge in [-0.25, -0.2) is 0 Å². The van der Waals surface area contributed by atoms with E-state index < -0.39 is 40.4 Å². The zero-order valence-corrected chi connectivity index (χ0v) is 31.6. The predicted octanol–water partition coefficient (Wildman–Crippen LogP) is 7.68. The van der Waals surface area contributed by atoms with Crippen molar-refractivity contribution in [3.8, 4) is 0 Å². The van der Waals surface area contributed by atoms with Gasteiger partial charge in [-0.3, -0.25) is 4.79 Å². The molecule has 5 aliphatic rings. The number of nitro groups is 1. The third-order valence-electron chi connectivity index (χ3n) is 16.1. The van der Waals surface area contributed by atoms with Crippen molar-refractivity contribution in [2.24, 2.45) is 68.3 Å². The van der Waals surface area contributed by atoms with Crippen molar-refractivity contribution in [1.82, 2.24) is 9.78 Å². The lowest BCUT2D eigenvalue weighted by atomic mass is 9.34. The van der Waals surface area contributed by atoms with Crippen molar-refractivity contribution in [2.75, 3.05) is 19.8 Å². The van der Waals surface area contributed by atoms with Gasteiger partial charge in [0.15, 0.2) is 6.04 Å². The van der Waals surface area contributed by atoms with Crippen LogP contribution in [0.4, 0.5) is 5.82 Å². The normalized spacial score (nSPS) is 43.5. The van der Waals surface area contributed by atoms with Crippen LogP contribution in [0, 0.1) is 72.7 Å². The Bertz CT molecular complexity index is 1500. The Hall–Kier alpha value is -2.30. The molecule has 0 radical (unpaired) electrons. The van der Waals surface area contributed by atoms with Crippen LogP contribution in [-0.4, -0.2) is 57.2 Å². The standard InChI is InChI=1S/C39H62N4O6/c1-23(2)25(5)34(6)16-17-36(8)26-11-12-29-35(7)20-48-22-39(29,27(26)13-15-37(36,9)31(34)33(44)45)19-28(42-30(43(46)47)14-18-41-42)32(35)49-21-38(10,40)24(3)4/h13-14,18,23-26,28-29,31-32H,11-12,15-17,19-22,40H2,1-10H3,(H,44,45)/t25-,26+,28-,29+,31-,32+,34-,35-,36-,37+,38+,39+/m1/s1. The fourth-order valence-electron chi connectivity index (χ4n) is 12.3. The van der Waals surface area contributed by atoms with Crippen LogP contribution in [0.3, 0.4) is 0 Å². The molecule has 0 spiro atoms. The number of carbonyl (C=O) groups is 1. The van der Waals surface area contributed by atoms with Crippen molar-refractivity contribution in [1.29, 1.82) is 0 Å². The van der Waals surface area contributed by atoms with E-state index in [0.29, 0.717) is 38.6 Å². The molecule has 274 valence electrons. The van der Waals surface area contributed by atoms with Gasteiger partial charge >= 0.3 is 11.8 Å². The Morgan fingerprint density at radius 1 is 1.16 bits per heavy atom. The Balaban J connectivity index is 1.47. The number of ether oxygens (including phenoxy) is 2. The van der Waals surface area contributed by atoms with Gasteiger partial charge in [0, 0.05) is 22.8 Å². The van der Waals surface area contributed by atoms with Crippen molar-refractivity contribution in [3.63, 3.8) is 0 Å². The first-order valence-electron chi connectivity index (χ1n) is 18.8. The predicted molar refractivity (Wildman–Crippen MR) is 189 cm³/mol. The topological polar surface area (TPSA) is 143 Å². The van der Waals surface area contributed by atoms with E-state index in [9.17, 15) is 20.0 Å². The molecule has 10 heteroatoms. The molecular formula is C39H62N4O6. The molecule has 4 fully saturated rings. The first-order valence-corrected chi connectivity index (χ1v) is 18.8. The summed E-state index contributed by atoms with van der Waals surface area (Å²) in [6.45, 7) is 23.4. The van der Waals surface area contributed by atoms with Crippen LogP contribution in [0.15, 0.2) is 23.9 Å². The van der Waals surface area contributed by atoms with Crippen LogP contribution in [-0.2, 0) is 14.3 Å². The Morgan fingerprint density at radius 2 is 1.86 bits per heavy atom. The SMILES string of the molecule is CC(C)[C@@H](C)[C@@]1(C)CC[C@]2(C)[C@H]3CC[C@@H]4[C@@]5(COC[C@@]4(C)[C@@H](OC[C@](C)(N)C(C)C)[C@H](n4nccc4[N+](=O)[O-])C5)C3=CC[C@@]2(C)[C@@H]1C(=O)O. The second kappa shape index (κ2) is 11.9. The maximum atomic E-state index is 13.4. The summed E-state index contributed by atoms with van der Waals surface area (Å²) < 4.78 is 15.1. The van der Waals surface area contributed by atoms with Crippen LogP contribution >= 0.6 is 0 Å². The number of aromatic nitrogens is 2. The molecule has 2 heterocycles. The van der Waals surface area contributed by atoms with Crippen LogP contribution in [0.2, 0.25) is 0 Å². The molecule has 3 saturated carbocycles. The summed E-state index contributed by atoms with van der Waals surface area (Å²) in [5.41, 5.74) is 5.81. The number of fused-ring (bicyclic) bond motifs is 3. The van der Waals surface area contributed by atoms with E-state index in [1.807, 2.05) is 6.92 Å². The largest absolute Gasteiger partial charge is 0.481 e. The fourth-order valence-corrected chi connectivity index (χ4v) is 12.3. The van der Waals surface area contributed by atoms with Crippen molar-refractivity contribution >= 4 is 11.8 Å². The van der Waals surface area contributed by atoms with Crippen LogP contribution < -0.4 is 5.73 Å². The van der Waals surface area contributed by atoms with E-state index >= 15 is 0 Å². The highest BCUT2D eigenvalue weighted by molar-refractivity contribution is 5.73. The van der Waals surface area contributed by atoms with Gasteiger partial charge in [0.2, 0.25) is 0 Å². The van der Waals surface area contributed by atoms with Gasteiger partial charge in [-0.15, -0.1) is 4.68 Å². The number of hydrogen-bond acceptors (Lipinski definition) is 7. The third kappa shape index (κ3) is 5.03. The number of carboxylic acid groups (broad SMARTS) is 1. The second-order valence-corrected chi connectivity index (χ2v) is 18.9. The number of nitrogens with two attached hydrogens (primary N) is 1. The van der Waals surface area contributed by atoms with E-state index in [-0.39, 0.29) is 50.7 Å². The summed E-state index contributed by atoms with van der Waals surface area (Å²) >= 11 is 0. The van der Waals surface area contributed by atoms with E-state index in [0.717, 1.165) is 25.7 Å². The number of rotatable bonds is 9. The van der Waals surface area contributed by atoms with E-state index in [1.165, 1.54) is 17.8 Å². The first-order chi connectivity index (χ1) is 22.7. The van der Waals surface area contributed by atoms with Gasteiger partial charge in [0.25, 0.3) is 0 Å². The molecule has 12 atom stereocenters. The Kier molecular flexibility index (Phi) is 8.84. The highest BCUT2D eigenvalue weighted by Crippen LogP contribution is 2.75. The number of aliphatic carboxylic acids is 1. The van der Waals surface area contributed by atoms with Crippen LogP contribution in [0.1, 0.15) is 114 Å². The number of hydrogen-bond donors (Lipinski definition) is 2. The van der Waals surface area contributed by atoms with Crippen molar-refractivity contribution < 1.29 is 24.3 Å². The summed E-state index contributed by atoms with van der Waals surface area (Å²) in [5.74, 6) is 0.117. The molecule has 49 heavy (non-hydrogen) atoms. The minimum absolute atomic E-state index is 0.0323. The molecule has 3 N–H and O–H groups in total. The lowest BCUT2D eigenvalue weighted by Gasteiger charge is -2.71. The highest BCUT2D eigenvalue weighted by atomic mass is 16.6. The quantitative estimate of drug-likeness (QED) is 0.153. The number of allylic oxidation sites excluding steroid dienone is 1. The molecule has 0 amide bonds. The van der Waals surface area contributed by atoms with Crippen molar-refractivity contribution in [2.45, 2.75) is 125 Å². The number of carboxylic acids is 1. The van der Waals surface area contributed by atoms with Gasteiger partial charge < -0.3 is 30.4 Å².